The molecular formula is C13H23N3O3. The zero-order valence-electron chi connectivity index (χ0n) is 12.1. The molecule has 0 bridgehead atoms. The molecule has 1 aromatic rings. The van der Waals surface area contributed by atoms with Gasteiger partial charge in [0.05, 0.1) is 12.9 Å². The molecule has 0 N–H and O–H groups in total. The topological polar surface area (TPSA) is 56.6 Å². The van der Waals surface area contributed by atoms with Gasteiger partial charge in [0.1, 0.15) is 5.60 Å². The predicted octanol–water partition coefficient (Wildman–Crippen LogP) is 1.77. The molecule has 1 heterocycles. The zero-order chi connectivity index (χ0) is 14.3. The van der Waals surface area contributed by atoms with Crippen molar-refractivity contribution in [1.82, 2.24) is 14.5 Å². The van der Waals surface area contributed by atoms with E-state index in [1.807, 2.05) is 31.5 Å². The van der Waals surface area contributed by atoms with E-state index in [1.165, 1.54) is 0 Å². The molecule has 6 heteroatoms. The van der Waals surface area contributed by atoms with Crippen molar-refractivity contribution in [3.8, 4) is 0 Å². The molecule has 0 radical (unpaired) electrons. The Bertz CT molecular complexity index is 371. The van der Waals surface area contributed by atoms with Gasteiger partial charge < -0.3 is 18.9 Å². The van der Waals surface area contributed by atoms with Gasteiger partial charge >= 0.3 is 6.09 Å². The second-order valence-corrected chi connectivity index (χ2v) is 5.26. The van der Waals surface area contributed by atoms with Crippen molar-refractivity contribution in [2.75, 3.05) is 26.8 Å². The normalized spacial score (nSPS) is 11.4. The van der Waals surface area contributed by atoms with E-state index in [4.69, 9.17) is 9.47 Å². The first-order valence-electron chi connectivity index (χ1n) is 6.35. The van der Waals surface area contributed by atoms with Crippen molar-refractivity contribution in [3.05, 3.63) is 18.7 Å². The van der Waals surface area contributed by atoms with Crippen molar-refractivity contribution in [1.29, 1.82) is 0 Å². The first-order valence-corrected chi connectivity index (χ1v) is 6.35. The van der Waals surface area contributed by atoms with Crippen molar-refractivity contribution in [2.45, 2.75) is 32.9 Å². The van der Waals surface area contributed by atoms with Gasteiger partial charge in [-0.1, -0.05) is 0 Å². The smallest absolute Gasteiger partial charge is 0.410 e. The van der Waals surface area contributed by atoms with E-state index in [0.717, 1.165) is 0 Å². The van der Waals surface area contributed by atoms with Crippen LogP contribution in [0.25, 0.3) is 0 Å². The SMILES string of the molecule is COCCN(CCn1ccnc1)C(=O)OC(C)(C)C. The molecule has 0 aliphatic heterocycles. The second-order valence-electron chi connectivity index (χ2n) is 5.26. The number of methoxy groups -OCH3 is 1. The molecule has 0 aliphatic carbocycles. The molecule has 0 atom stereocenters. The highest BCUT2D eigenvalue weighted by molar-refractivity contribution is 5.68. The molecule has 108 valence electrons. The number of ether oxygens (including phenoxy) is 2. The lowest BCUT2D eigenvalue weighted by Crippen LogP contribution is -2.40. The van der Waals surface area contributed by atoms with Crippen LogP contribution in [0.4, 0.5) is 4.79 Å². The van der Waals surface area contributed by atoms with Gasteiger partial charge in [0.25, 0.3) is 0 Å². The fourth-order valence-electron chi connectivity index (χ4n) is 1.48. The van der Waals surface area contributed by atoms with Crippen molar-refractivity contribution < 1.29 is 14.3 Å². The van der Waals surface area contributed by atoms with Crippen LogP contribution in [-0.2, 0) is 16.0 Å². The molecule has 6 nitrogen and oxygen atoms in total. The van der Waals surface area contributed by atoms with Crippen LogP contribution in [0.1, 0.15) is 20.8 Å². The Hall–Kier alpha value is -1.56. The Morgan fingerprint density at radius 3 is 2.63 bits per heavy atom. The molecule has 1 rings (SSSR count). The van der Waals surface area contributed by atoms with E-state index >= 15 is 0 Å². The fraction of sp³-hybridized carbons (Fsp3) is 0.692. The summed E-state index contributed by atoms with van der Waals surface area (Å²) in [6.07, 6.45) is 4.99. The highest BCUT2D eigenvalue weighted by Gasteiger charge is 2.21. The summed E-state index contributed by atoms with van der Waals surface area (Å²) in [5.74, 6) is 0. The number of aromatic nitrogens is 2. The van der Waals surface area contributed by atoms with E-state index in [2.05, 4.69) is 4.98 Å². The Balaban J connectivity index is 2.52. The lowest BCUT2D eigenvalue weighted by molar-refractivity contribution is 0.0195. The fourth-order valence-corrected chi connectivity index (χ4v) is 1.48. The van der Waals surface area contributed by atoms with Gasteiger partial charge in [-0.15, -0.1) is 0 Å². The molecule has 0 aromatic carbocycles. The molecule has 0 unspecified atom stereocenters. The van der Waals surface area contributed by atoms with Crippen LogP contribution < -0.4 is 0 Å². The average Bonchev–Trinajstić information content (AvgIpc) is 2.79. The number of carbonyl (C=O) groups is 1. The lowest BCUT2D eigenvalue weighted by atomic mass is 10.2. The number of hydrogen-bond donors (Lipinski definition) is 0. The third-order valence-corrected chi connectivity index (χ3v) is 2.40. The quantitative estimate of drug-likeness (QED) is 0.789. The minimum absolute atomic E-state index is 0.315. The Kier molecular flexibility index (Phi) is 5.82. The van der Waals surface area contributed by atoms with E-state index in [0.29, 0.717) is 26.2 Å². The number of hydrogen-bond acceptors (Lipinski definition) is 4. The van der Waals surface area contributed by atoms with Crippen LogP contribution in [0.5, 0.6) is 0 Å². The van der Waals surface area contributed by atoms with Gasteiger partial charge in [0, 0.05) is 39.1 Å². The molecular weight excluding hydrogens is 246 g/mol. The molecule has 0 saturated carbocycles. The van der Waals surface area contributed by atoms with E-state index < -0.39 is 5.60 Å². The third-order valence-electron chi connectivity index (χ3n) is 2.40. The second kappa shape index (κ2) is 7.13. The summed E-state index contributed by atoms with van der Waals surface area (Å²) >= 11 is 0. The Labute approximate surface area is 114 Å². The summed E-state index contributed by atoms with van der Waals surface area (Å²) in [5.41, 5.74) is -0.489. The van der Waals surface area contributed by atoms with E-state index in [-0.39, 0.29) is 6.09 Å². The number of rotatable bonds is 6. The van der Waals surface area contributed by atoms with Crippen molar-refractivity contribution >= 4 is 6.09 Å². The number of nitrogens with zero attached hydrogens (tertiary/aromatic N) is 3. The van der Waals surface area contributed by atoms with Crippen molar-refractivity contribution in [2.24, 2.45) is 0 Å². The predicted molar refractivity (Wildman–Crippen MR) is 71.9 cm³/mol. The maximum absolute atomic E-state index is 12.0. The largest absolute Gasteiger partial charge is 0.444 e. The van der Waals surface area contributed by atoms with Crippen LogP contribution in [0.15, 0.2) is 18.7 Å². The van der Waals surface area contributed by atoms with Crippen LogP contribution in [0, 0.1) is 0 Å². The summed E-state index contributed by atoms with van der Waals surface area (Å²) in [7, 11) is 1.61. The lowest BCUT2D eigenvalue weighted by Gasteiger charge is -2.27. The molecule has 19 heavy (non-hydrogen) atoms. The van der Waals surface area contributed by atoms with Gasteiger partial charge in [-0.2, -0.15) is 0 Å². The van der Waals surface area contributed by atoms with E-state index in [1.54, 1.807) is 24.5 Å². The summed E-state index contributed by atoms with van der Waals surface area (Å²) in [6, 6.07) is 0. The first-order chi connectivity index (χ1) is 8.92. The first kappa shape index (κ1) is 15.5. The van der Waals surface area contributed by atoms with Crippen LogP contribution in [0.2, 0.25) is 0 Å². The number of amides is 1. The maximum Gasteiger partial charge on any atom is 0.410 e. The van der Waals surface area contributed by atoms with Gasteiger partial charge in [0.15, 0.2) is 0 Å². The summed E-state index contributed by atoms with van der Waals surface area (Å²) in [6.45, 7) is 7.82. The van der Waals surface area contributed by atoms with Gasteiger partial charge in [-0.05, 0) is 20.8 Å². The van der Waals surface area contributed by atoms with Crippen molar-refractivity contribution in [3.63, 3.8) is 0 Å². The van der Waals surface area contributed by atoms with Crippen LogP contribution >= 0.6 is 0 Å². The van der Waals surface area contributed by atoms with Gasteiger partial charge in [-0.25, -0.2) is 9.78 Å². The molecule has 0 fully saturated rings. The molecule has 0 spiro atoms. The Morgan fingerprint density at radius 1 is 1.37 bits per heavy atom. The summed E-state index contributed by atoms with van der Waals surface area (Å²) in [5, 5.41) is 0. The number of imidazole rings is 1. The molecule has 1 amide bonds. The summed E-state index contributed by atoms with van der Waals surface area (Å²) < 4.78 is 12.3. The highest BCUT2D eigenvalue weighted by Crippen LogP contribution is 2.10. The monoisotopic (exact) mass is 269 g/mol. The van der Waals surface area contributed by atoms with E-state index in [9.17, 15) is 4.79 Å². The molecule has 1 aromatic heterocycles. The minimum atomic E-state index is -0.489. The van der Waals surface area contributed by atoms with Crippen LogP contribution in [0.3, 0.4) is 0 Å². The van der Waals surface area contributed by atoms with Crippen LogP contribution in [-0.4, -0.2) is 53.0 Å². The third kappa shape index (κ3) is 6.24. The van der Waals surface area contributed by atoms with Gasteiger partial charge in [0.2, 0.25) is 0 Å². The Morgan fingerprint density at radius 2 is 2.11 bits per heavy atom. The molecule has 0 aliphatic rings. The minimum Gasteiger partial charge on any atom is -0.444 e. The average molecular weight is 269 g/mol. The van der Waals surface area contributed by atoms with Gasteiger partial charge in [-0.3, -0.25) is 0 Å². The maximum atomic E-state index is 12.0. The zero-order valence-corrected chi connectivity index (χ0v) is 12.1. The highest BCUT2D eigenvalue weighted by atomic mass is 16.6. The standard InChI is InChI=1S/C13H23N3O3/c1-13(2,3)19-12(17)16(9-10-18-4)8-7-15-6-5-14-11-15/h5-6,11H,7-10H2,1-4H3. The number of carbonyl (C=O) groups excluding carboxylic acids is 1. The summed E-state index contributed by atoms with van der Waals surface area (Å²) in [4.78, 5) is 17.7. The molecule has 0 saturated heterocycles.